The predicted molar refractivity (Wildman–Crippen MR) is 90.0 cm³/mol. The van der Waals surface area contributed by atoms with Crippen molar-refractivity contribution in [2.75, 3.05) is 20.8 Å². The van der Waals surface area contributed by atoms with E-state index in [-0.39, 0.29) is 5.91 Å². The molecule has 0 N–H and O–H groups in total. The minimum Gasteiger partial charge on any atom is -0.354 e. The topological polar surface area (TPSA) is 64.5 Å². The van der Waals surface area contributed by atoms with E-state index in [1.54, 1.807) is 37.7 Å². The molecule has 0 saturated carbocycles. The zero-order chi connectivity index (χ0) is 17.2. The third-order valence-electron chi connectivity index (χ3n) is 3.68. The summed E-state index contributed by atoms with van der Waals surface area (Å²) in [6, 6.07) is 9.87. The first-order valence-corrected chi connectivity index (χ1v) is 7.85. The number of carbonyl (C=O) groups is 1. The lowest BCUT2D eigenvalue weighted by atomic mass is 10.2. The molecule has 0 spiro atoms. The van der Waals surface area contributed by atoms with Crippen LogP contribution in [0.2, 0.25) is 0 Å². The van der Waals surface area contributed by atoms with Gasteiger partial charge < -0.3 is 14.4 Å². The molecule has 0 bridgehead atoms. The smallest absolute Gasteiger partial charge is 0.223 e. The second-order valence-electron chi connectivity index (χ2n) is 5.36. The number of carbonyl (C=O) groups excluding carboxylic acids is 1. The van der Waals surface area contributed by atoms with E-state index in [2.05, 4.69) is 9.97 Å². The molecule has 0 fully saturated rings. The Bertz CT molecular complexity index is 603. The number of nitrogens with zero attached hydrogens (tertiary/aromatic N) is 3. The molecule has 0 aliphatic carbocycles. The number of hydrogen-bond acceptors (Lipinski definition) is 5. The number of aromatic nitrogens is 2. The summed E-state index contributed by atoms with van der Waals surface area (Å²) in [6.07, 6.45) is 5.41. The second kappa shape index (κ2) is 9.75. The summed E-state index contributed by atoms with van der Waals surface area (Å²) < 4.78 is 10.5. The van der Waals surface area contributed by atoms with E-state index < -0.39 is 6.29 Å². The predicted octanol–water partition coefficient (Wildman–Crippen LogP) is 2.06. The van der Waals surface area contributed by atoms with Crippen LogP contribution in [0.15, 0.2) is 48.9 Å². The Balaban J connectivity index is 2.01. The number of ether oxygens (including phenoxy) is 2. The normalized spacial score (nSPS) is 10.8. The van der Waals surface area contributed by atoms with E-state index in [1.807, 2.05) is 30.3 Å². The second-order valence-corrected chi connectivity index (χ2v) is 5.36. The van der Waals surface area contributed by atoms with Crippen LogP contribution in [0.5, 0.6) is 0 Å². The van der Waals surface area contributed by atoms with Crippen LogP contribution in [0.3, 0.4) is 0 Å². The van der Waals surface area contributed by atoms with Gasteiger partial charge in [0, 0.05) is 45.8 Å². The van der Waals surface area contributed by atoms with Crippen molar-refractivity contribution in [2.45, 2.75) is 25.7 Å². The van der Waals surface area contributed by atoms with Crippen LogP contribution < -0.4 is 0 Å². The quantitative estimate of drug-likeness (QED) is 0.659. The molecule has 2 aromatic rings. The average Bonchev–Trinajstić information content (AvgIpc) is 2.64. The highest BCUT2D eigenvalue weighted by Crippen LogP contribution is 2.10. The summed E-state index contributed by atoms with van der Waals surface area (Å²) in [5, 5.41) is 0. The maximum atomic E-state index is 12.7. The molecule has 2 rings (SSSR count). The van der Waals surface area contributed by atoms with Crippen molar-refractivity contribution >= 4 is 5.91 Å². The van der Waals surface area contributed by atoms with Gasteiger partial charge in [0.2, 0.25) is 5.91 Å². The third-order valence-corrected chi connectivity index (χ3v) is 3.68. The van der Waals surface area contributed by atoms with Gasteiger partial charge in [0.05, 0.1) is 12.2 Å². The van der Waals surface area contributed by atoms with Gasteiger partial charge in [0.1, 0.15) is 0 Å². The first-order valence-electron chi connectivity index (χ1n) is 7.85. The van der Waals surface area contributed by atoms with Crippen molar-refractivity contribution in [1.29, 1.82) is 0 Å². The van der Waals surface area contributed by atoms with Gasteiger partial charge in [0.15, 0.2) is 6.29 Å². The molecule has 0 saturated heterocycles. The van der Waals surface area contributed by atoms with Crippen molar-refractivity contribution < 1.29 is 14.3 Å². The van der Waals surface area contributed by atoms with Gasteiger partial charge in [-0.15, -0.1) is 0 Å². The van der Waals surface area contributed by atoms with Gasteiger partial charge in [-0.2, -0.15) is 0 Å². The number of methoxy groups -OCH3 is 2. The number of rotatable bonds is 9. The zero-order valence-electron chi connectivity index (χ0n) is 14.1. The first kappa shape index (κ1) is 18.0. The van der Waals surface area contributed by atoms with Crippen molar-refractivity contribution in [3.05, 3.63) is 60.2 Å². The van der Waals surface area contributed by atoms with Crippen molar-refractivity contribution in [1.82, 2.24) is 14.9 Å². The van der Waals surface area contributed by atoms with Crippen molar-refractivity contribution in [2.24, 2.45) is 0 Å². The van der Waals surface area contributed by atoms with Crippen LogP contribution >= 0.6 is 0 Å². The maximum Gasteiger partial charge on any atom is 0.223 e. The summed E-state index contributed by atoms with van der Waals surface area (Å²) >= 11 is 0. The van der Waals surface area contributed by atoms with E-state index in [9.17, 15) is 4.79 Å². The number of aryl methyl sites for hydroxylation is 1. The molecule has 0 unspecified atom stereocenters. The summed E-state index contributed by atoms with van der Waals surface area (Å²) in [5.41, 5.74) is 1.87. The molecule has 1 aromatic carbocycles. The number of benzene rings is 1. The van der Waals surface area contributed by atoms with Crippen LogP contribution in [0.4, 0.5) is 0 Å². The van der Waals surface area contributed by atoms with Crippen LogP contribution in [0, 0.1) is 0 Å². The summed E-state index contributed by atoms with van der Waals surface area (Å²) in [4.78, 5) is 22.6. The summed E-state index contributed by atoms with van der Waals surface area (Å²) in [5.74, 6) is 0.0311. The van der Waals surface area contributed by atoms with E-state index in [1.165, 1.54) is 0 Å². The molecule has 0 atom stereocenters. The highest BCUT2D eigenvalue weighted by atomic mass is 16.7. The van der Waals surface area contributed by atoms with E-state index in [0.717, 1.165) is 11.3 Å². The Morgan fingerprint density at radius 2 is 1.92 bits per heavy atom. The van der Waals surface area contributed by atoms with E-state index in [4.69, 9.17) is 9.47 Å². The number of amides is 1. The Morgan fingerprint density at radius 3 is 2.54 bits per heavy atom. The fourth-order valence-corrected chi connectivity index (χ4v) is 2.34. The molecule has 128 valence electrons. The van der Waals surface area contributed by atoms with Crippen LogP contribution in [0.25, 0.3) is 0 Å². The zero-order valence-corrected chi connectivity index (χ0v) is 14.1. The molecule has 6 nitrogen and oxygen atoms in total. The van der Waals surface area contributed by atoms with E-state index in [0.29, 0.717) is 25.9 Å². The van der Waals surface area contributed by atoms with Gasteiger partial charge >= 0.3 is 0 Å². The molecule has 6 heteroatoms. The molecular weight excluding hydrogens is 306 g/mol. The van der Waals surface area contributed by atoms with Crippen LogP contribution in [-0.2, 0) is 27.2 Å². The molecule has 1 amide bonds. The van der Waals surface area contributed by atoms with Gasteiger partial charge in [-0.1, -0.05) is 30.3 Å². The lowest BCUT2D eigenvalue weighted by Gasteiger charge is -2.26. The van der Waals surface area contributed by atoms with Crippen LogP contribution in [-0.4, -0.2) is 47.8 Å². The van der Waals surface area contributed by atoms with Gasteiger partial charge in [-0.3, -0.25) is 14.8 Å². The molecule has 1 aromatic heterocycles. The lowest BCUT2D eigenvalue weighted by molar-refractivity contribution is -0.146. The van der Waals surface area contributed by atoms with Crippen molar-refractivity contribution in [3.63, 3.8) is 0 Å². The maximum absolute atomic E-state index is 12.7. The SMILES string of the molecule is COC(CN(Cc1ccccc1)C(=O)CCc1cnccn1)OC. The number of hydrogen-bond donors (Lipinski definition) is 0. The third kappa shape index (κ3) is 5.72. The molecule has 24 heavy (non-hydrogen) atoms. The largest absolute Gasteiger partial charge is 0.354 e. The highest BCUT2D eigenvalue weighted by Gasteiger charge is 2.19. The summed E-state index contributed by atoms with van der Waals surface area (Å²) in [6.45, 7) is 0.893. The summed E-state index contributed by atoms with van der Waals surface area (Å²) in [7, 11) is 3.14. The Hall–Kier alpha value is -2.31. The molecule has 0 aliphatic heterocycles. The van der Waals surface area contributed by atoms with Gasteiger partial charge in [-0.25, -0.2) is 0 Å². The van der Waals surface area contributed by atoms with E-state index >= 15 is 0 Å². The Morgan fingerprint density at radius 1 is 1.17 bits per heavy atom. The lowest BCUT2D eigenvalue weighted by Crippen LogP contribution is -2.38. The molecule has 0 aliphatic rings. The van der Waals surface area contributed by atoms with Crippen LogP contribution in [0.1, 0.15) is 17.7 Å². The molecular formula is C18H23N3O3. The minimum absolute atomic E-state index is 0.0311. The molecule has 1 heterocycles. The minimum atomic E-state index is -0.450. The highest BCUT2D eigenvalue weighted by molar-refractivity contribution is 5.76. The Labute approximate surface area is 142 Å². The fourth-order valence-electron chi connectivity index (χ4n) is 2.34. The monoisotopic (exact) mass is 329 g/mol. The van der Waals surface area contributed by atoms with Crippen molar-refractivity contribution in [3.8, 4) is 0 Å². The average molecular weight is 329 g/mol. The first-order chi connectivity index (χ1) is 11.7. The van der Waals surface area contributed by atoms with Gasteiger partial charge in [-0.05, 0) is 12.0 Å². The fraction of sp³-hybridized carbons (Fsp3) is 0.389. The standard InChI is InChI=1S/C18H23N3O3/c1-23-18(24-2)14-21(13-15-6-4-3-5-7-15)17(22)9-8-16-12-19-10-11-20-16/h3-7,10-12,18H,8-9,13-14H2,1-2H3. The Kier molecular flexibility index (Phi) is 7.32. The van der Waals surface area contributed by atoms with Gasteiger partial charge in [0.25, 0.3) is 0 Å². The molecule has 0 radical (unpaired) electrons.